The average Bonchev–Trinajstić information content (AvgIpc) is 2.38. The molecule has 0 amide bonds. The monoisotopic (exact) mass is 259 g/mol. The van der Waals surface area contributed by atoms with Gasteiger partial charge in [0, 0.05) is 10.6 Å². The van der Waals surface area contributed by atoms with Crippen LogP contribution in [-0.2, 0) is 5.75 Å². The minimum Gasteiger partial charge on any atom is -0.478 e. The van der Waals surface area contributed by atoms with E-state index >= 15 is 0 Å². The second-order valence-electron chi connectivity index (χ2n) is 3.80. The Kier molecular flexibility index (Phi) is 3.89. The van der Waals surface area contributed by atoms with E-state index in [9.17, 15) is 4.79 Å². The van der Waals surface area contributed by atoms with Gasteiger partial charge in [-0.05, 0) is 17.7 Å². The summed E-state index contributed by atoms with van der Waals surface area (Å²) in [5.41, 5.74) is 7.53. The molecule has 0 atom stereocenters. The van der Waals surface area contributed by atoms with Gasteiger partial charge in [0.05, 0.1) is 11.3 Å². The first kappa shape index (κ1) is 12.5. The second kappa shape index (κ2) is 5.60. The largest absolute Gasteiger partial charge is 0.478 e. The molecule has 18 heavy (non-hydrogen) atoms. The molecule has 2 aromatic carbocycles. The van der Waals surface area contributed by atoms with Crippen LogP contribution in [-0.4, -0.2) is 11.1 Å². The van der Waals surface area contributed by atoms with Crippen molar-refractivity contribution in [2.45, 2.75) is 10.6 Å². The number of hydrogen-bond acceptors (Lipinski definition) is 3. The van der Waals surface area contributed by atoms with E-state index in [1.54, 1.807) is 17.8 Å². The minimum atomic E-state index is -0.991. The third kappa shape index (κ3) is 2.84. The number of nitrogen functional groups attached to an aromatic ring is 1. The number of carboxylic acids is 1. The predicted octanol–water partition coefficient (Wildman–Crippen LogP) is 3.26. The molecule has 0 fully saturated rings. The summed E-state index contributed by atoms with van der Waals surface area (Å²) in [7, 11) is 0. The van der Waals surface area contributed by atoms with Crippen LogP contribution >= 0.6 is 11.8 Å². The fraction of sp³-hybridized carbons (Fsp3) is 0.0714. The maximum absolute atomic E-state index is 11.0. The van der Waals surface area contributed by atoms with E-state index in [1.807, 2.05) is 36.4 Å². The lowest BCUT2D eigenvalue weighted by atomic mass is 10.2. The topological polar surface area (TPSA) is 63.3 Å². The van der Waals surface area contributed by atoms with Crippen molar-refractivity contribution in [3.8, 4) is 0 Å². The summed E-state index contributed by atoms with van der Waals surface area (Å²) in [4.78, 5) is 11.8. The standard InChI is InChI=1S/C14H13NO2S/c15-13-11(14(16)17)7-4-8-12(13)18-9-10-5-2-1-3-6-10/h1-8H,9,15H2,(H,16,17). The maximum Gasteiger partial charge on any atom is 0.337 e. The van der Waals surface area contributed by atoms with Crippen LogP contribution in [0.4, 0.5) is 5.69 Å². The van der Waals surface area contributed by atoms with Gasteiger partial charge < -0.3 is 10.8 Å². The molecule has 0 aromatic heterocycles. The Hall–Kier alpha value is -1.94. The molecule has 0 aliphatic heterocycles. The Morgan fingerprint density at radius 1 is 1.11 bits per heavy atom. The van der Waals surface area contributed by atoms with Crippen LogP contribution in [0, 0.1) is 0 Å². The van der Waals surface area contributed by atoms with Crippen molar-refractivity contribution in [2.24, 2.45) is 0 Å². The van der Waals surface area contributed by atoms with Gasteiger partial charge in [0.15, 0.2) is 0 Å². The summed E-state index contributed by atoms with van der Waals surface area (Å²) in [6.07, 6.45) is 0. The minimum absolute atomic E-state index is 0.160. The van der Waals surface area contributed by atoms with Crippen molar-refractivity contribution in [3.63, 3.8) is 0 Å². The van der Waals surface area contributed by atoms with Crippen LogP contribution in [0.1, 0.15) is 15.9 Å². The van der Waals surface area contributed by atoms with Gasteiger partial charge >= 0.3 is 5.97 Å². The number of nitrogens with two attached hydrogens (primary N) is 1. The highest BCUT2D eigenvalue weighted by atomic mass is 32.2. The molecule has 0 spiro atoms. The van der Waals surface area contributed by atoms with Gasteiger partial charge in [0.1, 0.15) is 0 Å². The van der Waals surface area contributed by atoms with Gasteiger partial charge in [0.2, 0.25) is 0 Å². The van der Waals surface area contributed by atoms with Crippen molar-refractivity contribution < 1.29 is 9.90 Å². The van der Waals surface area contributed by atoms with E-state index in [2.05, 4.69) is 0 Å². The zero-order valence-corrected chi connectivity index (χ0v) is 10.5. The molecule has 0 unspecified atom stereocenters. The van der Waals surface area contributed by atoms with Crippen molar-refractivity contribution in [3.05, 3.63) is 59.7 Å². The lowest BCUT2D eigenvalue weighted by molar-refractivity contribution is 0.0698. The summed E-state index contributed by atoms with van der Waals surface area (Å²) in [5.74, 6) is -0.219. The number of benzene rings is 2. The van der Waals surface area contributed by atoms with Crippen LogP contribution < -0.4 is 5.73 Å². The Morgan fingerprint density at radius 2 is 1.83 bits per heavy atom. The van der Waals surface area contributed by atoms with Crippen LogP contribution in [0.2, 0.25) is 0 Å². The Labute approximate surface area is 110 Å². The summed E-state index contributed by atoms with van der Waals surface area (Å²) in [6, 6.07) is 15.1. The number of rotatable bonds is 4. The molecular weight excluding hydrogens is 246 g/mol. The van der Waals surface area contributed by atoms with E-state index in [1.165, 1.54) is 11.6 Å². The van der Waals surface area contributed by atoms with E-state index in [0.29, 0.717) is 5.69 Å². The molecule has 4 heteroatoms. The van der Waals surface area contributed by atoms with Crippen molar-refractivity contribution in [2.75, 3.05) is 5.73 Å². The first-order valence-electron chi connectivity index (χ1n) is 5.47. The third-order valence-corrected chi connectivity index (χ3v) is 3.68. The maximum atomic E-state index is 11.0. The van der Waals surface area contributed by atoms with Crippen molar-refractivity contribution in [1.82, 2.24) is 0 Å². The highest BCUT2D eigenvalue weighted by Gasteiger charge is 2.11. The fourth-order valence-electron chi connectivity index (χ4n) is 1.59. The predicted molar refractivity (Wildman–Crippen MR) is 73.8 cm³/mol. The summed E-state index contributed by atoms with van der Waals surface area (Å²) >= 11 is 1.54. The van der Waals surface area contributed by atoms with E-state index in [4.69, 9.17) is 10.8 Å². The smallest absolute Gasteiger partial charge is 0.337 e. The summed E-state index contributed by atoms with van der Waals surface area (Å²) in [5, 5.41) is 8.99. The first-order valence-corrected chi connectivity index (χ1v) is 6.45. The Balaban J connectivity index is 2.15. The van der Waals surface area contributed by atoms with Gasteiger partial charge in [-0.25, -0.2) is 4.79 Å². The molecule has 0 bridgehead atoms. The molecule has 0 heterocycles. The van der Waals surface area contributed by atoms with Crippen LogP contribution in [0.25, 0.3) is 0 Å². The highest BCUT2D eigenvalue weighted by molar-refractivity contribution is 7.98. The van der Waals surface area contributed by atoms with Gasteiger partial charge in [-0.2, -0.15) is 0 Å². The molecule has 0 saturated heterocycles. The molecule has 92 valence electrons. The molecule has 2 rings (SSSR count). The van der Waals surface area contributed by atoms with Gasteiger partial charge in [-0.15, -0.1) is 11.8 Å². The molecule has 3 nitrogen and oxygen atoms in total. The summed E-state index contributed by atoms with van der Waals surface area (Å²) < 4.78 is 0. The van der Waals surface area contributed by atoms with Gasteiger partial charge in [-0.1, -0.05) is 36.4 Å². The van der Waals surface area contributed by atoms with Crippen molar-refractivity contribution >= 4 is 23.4 Å². The second-order valence-corrected chi connectivity index (χ2v) is 4.81. The molecule has 0 aliphatic carbocycles. The molecule has 2 aromatic rings. The van der Waals surface area contributed by atoms with Gasteiger partial charge in [0.25, 0.3) is 0 Å². The van der Waals surface area contributed by atoms with E-state index in [-0.39, 0.29) is 5.56 Å². The zero-order chi connectivity index (χ0) is 13.0. The van der Waals surface area contributed by atoms with Crippen LogP contribution in [0.15, 0.2) is 53.4 Å². The lowest BCUT2D eigenvalue weighted by Gasteiger charge is -2.07. The number of thioether (sulfide) groups is 1. The van der Waals surface area contributed by atoms with Crippen LogP contribution in [0.3, 0.4) is 0 Å². The molecule has 0 radical (unpaired) electrons. The number of hydrogen-bond donors (Lipinski definition) is 2. The lowest BCUT2D eigenvalue weighted by Crippen LogP contribution is -2.03. The number of carbonyl (C=O) groups is 1. The van der Waals surface area contributed by atoms with Crippen LogP contribution in [0.5, 0.6) is 0 Å². The number of anilines is 1. The number of carboxylic acid groups (broad SMARTS) is 1. The molecule has 0 aliphatic rings. The normalized spacial score (nSPS) is 10.2. The quantitative estimate of drug-likeness (QED) is 0.653. The van der Waals surface area contributed by atoms with E-state index < -0.39 is 5.97 Å². The van der Waals surface area contributed by atoms with E-state index in [0.717, 1.165) is 10.6 Å². The SMILES string of the molecule is Nc1c(SCc2ccccc2)cccc1C(=O)O. The fourth-order valence-corrected chi connectivity index (χ4v) is 2.55. The summed E-state index contributed by atoms with van der Waals surface area (Å²) in [6.45, 7) is 0. The van der Waals surface area contributed by atoms with Crippen molar-refractivity contribution in [1.29, 1.82) is 0 Å². The Bertz CT molecular complexity index is 555. The highest BCUT2D eigenvalue weighted by Crippen LogP contribution is 2.30. The number of para-hydroxylation sites is 1. The Morgan fingerprint density at radius 3 is 2.50 bits per heavy atom. The average molecular weight is 259 g/mol. The third-order valence-electron chi connectivity index (χ3n) is 2.53. The molecular formula is C14H13NO2S. The number of aromatic carboxylic acids is 1. The van der Waals surface area contributed by atoms with Gasteiger partial charge in [-0.3, -0.25) is 0 Å². The molecule has 0 saturated carbocycles. The molecule has 3 N–H and O–H groups in total. The first-order chi connectivity index (χ1) is 8.68. The zero-order valence-electron chi connectivity index (χ0n) is 9.67.